The molecule has 1 heteroatoms. The maximum absolute atomic E-state index is 3.63. The first-order chi connectivity index (χ1) is 12.9. The number of hydrogen-bond acceptors (Lipinski definition) is 1. The van der Waals surface area contributed by atoms with Gasteiger partial charge in [-0.25, -0.2) is 0 Å². The number of fused-ring (bicyclic) bond motifs is 2. The molecule has 26 heavy (non-hydrogen) atoms. The Kier molecular flexibility index (Phi) is 3.39. The Hall–Kier alpha value is -3.32. The third-order valence-electron chi connectivity index (χ3n) is 5.35. The second-order valence-electron chi connectivity index (χ2n) is 6.70. The van der Waals surface area contributed by atoms with E-state index in [1.165, 1.54) is 33.6 Å². The summed E-state index contributed by atoms with van der Waals surface area (Å²) in [6.07, 6.45) is 0. The summed E-state index contributed by atoms with van der Waals surface area (Å²) in [5.74, 6) is 0. The third kappa shape index (κ3) is 2.04. The molecule has 0 unspecified atom stereocenters. The lowest BCUT2D eigenvalue weighted by Crippen LogP contribution is -2.35. The normalized spacial score (nSPS) is 14.0. The zero-order valence-corrected chi connectivity index (χ0v) is 14.4. The highest BCUT2D eigenvalue weighted by atomic mass is 14.9. The van der Waals surface area contributed by atoms with E-state index in [0.29, 0.717) is 0 Å². The predicted octanol–water partition coefficient (Wildman–Crippen LogP) is 6.13. The molecule has 0 saturated heterocycles. The van der Waals surface area contributed by atoms with E-state index in [1.54, 1.807) is 0 Å². The van der Waals surface area contributed by atoms with E-state index in [-0.39, 0.29) is 5.41 Å². The summed E-state index contributed by atoms with van der Waals surface area (Å²) in [4.78, 5) is 0. The van der Waals surface area contributed by atoms with Crippen molar-refractivity contribution in [1.82, 2.24) is 0 Å². The molecule has 1 N–H and O–H groups in total. The van der Waals surface area contributed by atoms with E-state index < -0.39 is 0 Å². The number of benzene rings is 4. The van der Waals surface area contributed by atoms with Crippen molar-refractivity contribution in [3.63, 3.8) is 0 Å². The summed E-state index contributed by atoms with van der Waals surface area (Å²) in [6.45, 7) is 0. The molecule has 0 spiro atoms. The number of anilines is 2. The fraction of sp³-hybridized carbons (Fsp3) is 0.0400. The zero-order valence-electron chi connectivity index (χ0n) is 14.4. The Morgan fingerprint density at radius 3 is 1.27 bits per heavy atom. The SMILES string of the molecule is c1ccc(C2(c3ccccc3)c3ccccc3Nc3ccccc32)cc1. The van der Waals surface area contributed by atoms with Crippen molar-refractivity contribution in [2.45, 2.75) is 5.41 Å². The van der Waals surface area contributed by atoms with Crippen LogP contribution in [0.1, 0.15) is 22.3 Å². The molecule has 124 valence electrons. The number of para-hydroxylation sites is 2. The standard InChI is InChI=1S/C25H19N/c1-3-11-19(12-4-1)25(20-13-5-2-6-14-20)21-15-7-9-17-23(21)26-24-18-10-8-16-22(24)25/h1-18,26H. The number of nitrogens with one attached hydrogen (secondary N) is 1. The molecule has 4 aromatic rings. The fourth-order valence-electron chi connectivity index (χ4n) is 4.29. The van der Waals surface area contributed by atoms with E-state index in [0.717, 1.165) is 0 Å². The first-order valence-electron chi connectivity index (χ1n) is 8.98. The second kappa shape index (κ2) is 5.89. The van der Waals surface area contributed by atoms with Crippen LogP contribution < -0.4 is 5.32 Å². The van der Waals surface area contributed by atoms with Crippen LogP contribution >= 0.6 is 0 Å². The Labute approximate surface area is 154 Å². The highest BCUT2D eigenvalue weighted by Gasteiger charge is 2.43. The molecule has 0 aliphatic carbocycles. The fourth-order valence-corrected chi connectivity index (χ4v) is 4.29. The van der Waals surface area contributed by atoms with Gasteiger partial charge in [-0.2, -0.15) is 0 Å². The van der Waals surface area contributed by atoms with E-state index in [4.69, 9.17) is 0 Å². The van der Waals surface area contributed by atoms with Crippen LogP contribution in [0.15, 0.2) is 109 Å². The van der Waals surface area contributed by atoms with Gasteiger partial charge >= 0.3 is 0 Å². The lowest BCUT2D eigenvalue weighted by Gasteiger charge is -2.42. The van der Waals surface area contributed by atoms with Gasteiger partial charge in [0.05, 0.1) is 5.41 Å². The summed E-state index contributed by atoms with van der Waals surface area (Å²) < 4.78 is 0. The molecule has 1 heterocycles. The van der Waals surface area contributed by atoms with Crippen LogP contribution in [0.2, 0.25) is 0 Å². The first kappa shape index (κ1) is 15.0. The molecular weight excluding hydrogens is 314 g/mol. The molecule has 1 nitrogen and oxygen atoms in total. The smallest absolute Gasteiger partial charge is 0.0741 e. The molecule has 0 radical (unpaired) electrons. The van der Waals surface area contributed by atoms with Crippen LogP contribution in [0.3, 0.4) is 0 Å². The van der Waals surface area contributed by atoms with E-state index >= 15 is 0 Å². The Balaban J connectivity index is 1.97. The molecule has 0 amide bonds. The van der Waals surface area contributed by atoms with Crippen molar-refractivity contribution >= 4 is 11.4 Å². The van der Waals surface area contributed by atoms with Crippen LogP contribution in [0.5, 0.6) is 0 Å². The topological polar surface area (TPSA) is 12.0 Å². The van der Waals surface area contributed by atoms with Gasteiger partial charge in [0.15, 0.2) is 0 Å². The van der Waals surface area contributed by atoms with Crippen molar-refractivity contribution in [2.24, 2.45) is 0 Å². The van der Waals surface area contributed by atoms with Gasteiger partial charge in [0.1, 0.15) is 0 Å². The maximum atomic E-state index is 3.63. The largest absolute Gasteiger partial charge is 0.355 e. The molecule has 0 saturated carbocycles. The van der Waals surface area contributed by atoms with Crippen LogP contribution in [-0.2, 0) is 5.41 Å². The summed E-state index contributed by atoms with van der Waals surface area (Å²) in [5.41, 5.74) is 7.14. The van der Waals surface area contributed by atoms with Crippen LogP contribution in [-0.4, -0.2) is 0 Å². The van der Waals surface area contributed by atoms with Crippen molar-refractivity contribution in [1.29, 1.82) is 0 Å². The van der Waals surface area contributed by atoms with Crippen molar-refractivity contribution in [3.05, 3.63) is 131 Å². The predicted molar refractivity (Wildman–Crippen MR) is 108 cm³/mol. The Bertz CT molecular complexity index is 965. The molecule has 0 bridgehead atoms. The Morgan fingerprint density at radius 1 is 0.423 bits per heavy atom. The molecular formula is C25H19N. The number of rotatable bonds is 2. The zero-order chi connectivity index (χ0) is 17.4. The molecule has 5 rings (SSSR count). The van der Waals surface area contributed by atoms with Crippen molar-refractivity contribution in [2.75, 3.05) is 5.32 Å². The van der Waals surface area contributed by atoms with E-state index in [1.807, 2.05) is 0 Å². The summed E-state index contributed by atoms with van der Waals surface area (Å²) >= 11 is 0. The third-order valence-corrected chi connectivity index (χ3v) is 5.35. The molecule has 0 atom stereocenters. The summed E-state index contributed by atoms with van der Waals surface area (Å²) in [5, 5.41) is 3.63. The minimum atomic E-state index is -0.332. The molecule has 0 fully saturated rings. The van der Waals surface area contributed by atoms with Crippen molar-refractivity contribution < 1.29 is 0 Å². The molecule has 1 aliphatic heterocycles. The quantitative estimate of drug-likeness (QED) is 0.410. The van der Waals surface area contributed by atoms with Gasteiger partial charge in [-0.1, -0.05) is 97.1 Å². The van der Waals surface area contributed by atoms with Crippen molar-refractivity contribution in [3.8, 4) is 0 Å². The minimum Gasteiger partial charge on any atom is -0.355 e. The van der Waals surface area contributed by atoms with Crippen LogP contribution in [0.4, 0.5) is 11.4 Å². The van der Waals surface area contributed by atoms with E-state index in [2.05, 4.69) is 115 Å². The van der Waals surface area contributed by atoms with E-state index in [9.17, 15) is 0 Å². The number of hydrogen-bond donors (Lipinski definition) is 1. The first-order valence-corrected chi connectivity index (χ1v) is 8.98. The minimum absolute atomic E-state index is 0.332. The summed E-state index contributed by atoms with van der Waals surface area (Å²) in [7, 11) is 0. The average Bonchev–Trinajstić information content (AvgIpc) is 2.73. The molecule has 1 aliphatic rings. The lowest BCUT2D eigenvalue weighted by molar-refractivity contribution is 0.740. The lowest BCUT2D eigenvalue weighted by atomic mass is 9.63. The maximum Gasteiger partial charge on any atom is 0.0741 e. The van der Waals surface area contributed by atoms with Gasteiger partial charge in [0, 0.05) is 11.4 Å². The van der Waals surface area contributed by atoms with Gasteiger partial charge in [-0.15, -0.1) is 0 Å². The highest BCUT2D eigenvalue weighted by molar-refractivity contribution is 5.81. The highest BCUT2D eigenvalue weighted by Crippen LogP contribution is 2.53. The molecule has 4 aromatic carbocycles. The second-order valence-corrected chi connectivity index (χ2v) is 6.70. The monoisotopic (exact) mass is 333 g/mol. The van der Waals surface area contributed by atoms with Gasteiger partial charge < -0.3 is 5.32 Å². The Morgan fingerprint density at radius 2 is 0.808 bits per heavy atom. The summed E-state index contributed by atoms with van der Waals surface area (Å²) in [6, 6.07) is 39.0. The van der Waals surface area contributed by atoms with Crippen LogP contribution in [0.25, 0.3) is 0 Å². The van der Waals surface area contributed by atoms with Gasteiger partial charge in [0.2, 0.25) is 0 Å². The van der Waals surface area contributed by atoms with Gasteiger partial charge in [0.25, 0.3) is 0 Å². The molecule has 0 aromatic heterocycles. The average molecular weight is 333 g/mol. The van der Waals surface area contributed by atoms with Gasteiger partial charge in [-0.3, -0.25) is 0 Å². The van der Waals surface area contributed by atoms with Crippen LogP contribution in [0, 0.1) is 0 Å². The van der Waals surface area contributed by atoms with Gasteiger partial charge in [-0.05, 0) is 34.4 Å².